The maximum absolute atomic E-state index is 5.73. The molecule has 3 aliphatic heterocycles. The molecule has 7 nitrogen and oxygen atoms in total. The molecule has 2 aromatic heterocycles. The largest absolute Gasteiger partial charge is 0.374 e. The van der Waals surface area contributed by atoms with E-state index in [0.29, 0.717) is 18.7 Å². The fraction of sp³-hybridized carbons (Fsp3) is 0.300. The lowest BCUT2D eigenvalue weighted by molar-refractivity contribution is 0.0990. The van der Waals surface area contributed by atoms with Gasteiger partial charge in [0.05, 0.1) is 31.0 Å². The molecule has 1 aromatic carbocycles. The Morgan fingerprint density at radius 1 is 1.07 bits per heavy atom. The van der Waals surface area contributed by atoms with Gasteiger partial charge in [-0.1, -0.05) is 0 Å². The maximum Gasteiger partial charge on any atom is 0.154 e. The Morgan fingerprint density at radius 3 is 2.93 bits per heavy atom. The summed E-state index contributed by atoms with van der Waals surface area (Å²) < 4.78 is 5.73. The van der Waals surface area contributed by atoms with Gasteiger partial charge in [0.1, 0.15) is 11.5 Å². The second-order valence-corrected chi connectivity index (χ2v) is 7.21. The lowest BCUT2D eigenvalue weighted by Crippen LogP contribution is -2.37. The summed E-state index contributed by atoms with van der Waals surface area (Å²) >= 11 is 0. The molecule has 0 amide bonds. The Balaban J connectivity index is 1.33. The SMILES string of the molecule is c1cnc2c(n1)CN=C2Nc1ccc2c(N3CC4CC3CO4)nccc2c1. The van der Waals surface area contributed by atoms with E-state index in [4.69, 9.17) is 4.74 Å². The van der Waals surface area contributed by atoms with Crippen molar-refractivity contribution in [3.8, 4) is 0 Å². The molecule has 6 rings (SSSR count). The van der Waals surface area contributed by atoms with Crippen molar-refractivity contribution in [3.05, 3.63) is 54.2 Å². The van der Waals surface area contributed by atoms with E-state index < -0.39 is 0 Å². The highest BCUT2D eigenvalue weighted by atomic mass is 16.5. The lowest BCUT2D eigenvalue weighted by Gasteiger charge is -2.28. The fourth-order valence-corrected chi connectivity index (χ4v) is 4.27. The third kappa shape index (κ3) is 2.39. The summed E-state index contributed by atoms with van der Waals surface area (Å²) in [6, 6.07) is 8.87. The van der Waals surface area contributed by atoms with Crippen LogP contribution in [0.3, 0.4) is 0 Å². The Kier molecular flexibility index (Phi) is 3.19. The summed E-state index contributed by atoms with van der Waals surface area (Å²) in [4.78, 5) is 20.3. The first-order chi connectivity index (χ1) is 13.3. The van der Waals surface area contributed by atoms with Crippen LogP contribution in [0.5, 0.6) is 0 Å². The van der Waals surface area contributed by atoms with Crippen LogP contribution in [-0.4, -0.2) is 46.1 Å². The molecule has 2 unspecified atom stereocenters. The topological polar surface area (TPSA) is 75.5 Å². The number of ether oxygens (including phenoxy) is 1. The van der Waals surface area contributed by atoms with Crippen molar-refractivity contribution < 1.29 is 4.74 Å². The van der Waals surface area contributed by atoms with Crippen LogP contribution >= 0.6 is 0 Å². The molecule has 5 heterocycles. The van der Waals surface area contributed by atoms with Crippen LogP contribution in [0.15, 0.2) is 47.8 Å². The molecular formula is C20H18N6O. The average molecular weight is 358 g/mol. The van der Waals surface area contributed by atoms with E-state index in [0.717, 1.165) is 53.7 Å². The second kappa shape index (κ2) is 5.72. The molecule has 27 heavy (non-hydrogen) atoms. The van der Waals surface area contributed by atoms with Crippen molar-refractivity contribution in [1.82, 2.24) is 15.0 Å². The van der Waals surface area contributed by atoms with E-state index in [9.17, 15) is 0 Å². The molecule has 0 saturated carbocycles. The summed E-state index contributed by atoms with van der Waals surface area (Å²) in [5.74, 6) is 1.84. The first-order valence-electron chi connectivity index (χ1n) is 9.24. The van der Waals surface area contributed by atoms with Gasteiger partial charge in [-0.25, -0.2) is 9.97 Å². The van der Waals surface area contributed by atoms with Gasteiger partial charge < -0.3 is 15.0 Å². The van der Waals surface area contributed by atoms with Crippen LogP contribution in [-0.2, 0) is 11.3 Å². The number of nitrogens with zero attached hydrogens (tertiary/aromatic N) is 5. The van der Waals surface area contributed by atoms with Crippen molar-refractivity contribution in [2.24, 2.45) is 4.99 Å². The quantitative estimate of drug-likeness (QED) is 0.758. The molecule has 0 aliphatic carbocycles. The van der Waals surface area contributed by atoms with Crippen molar-refractivity contribution >= 4 is 28.1 Å². The molecule has 7 heteroatoms. The van der Waals surface area contributed by atoms with Crippen molar-refractivity contribution in [3.63, 3.8) is 0 Å². The van der Waals surface area contributed by atoms with E-state index in [1.807, 2.05) is 6.20 Å². The first-order valence-corrected chi connectivity index (χ1v) is 9.24. The smallest absolute Gasteiger partial charge is 0.154 e. The average Bonchev–Trinajstić information content (AvgIpc) is 3.44. The number of aromatic nitrogens is 3. The standard InChI is InChI=1S/C20H18N6O/c1-2-16-12(3-4-23-20(16)26-10-15-8-14(26)11-27-15)7-13(1)25-19-18-17(9-24-19)21-5-6-22-18/h1-7,14-15H,8-11H2,(H,24,25). The number of anilines is 2. The Hall–Kier alpha value is -3.06. The van der Waals surface area contributed by atoms with E-state index in [2.05, 4.69) is 54.4 Å². The van der Waals surface area contributed by atoms with Crippen LogP contribution in [0, 0.1) is 0 Å². The van der Waals surface area contributed by atoms with E-state index in [-0.39, 0.29) is 0 Å². The van der Waals surface area contributed by atoms with Crippen LogP contribution < -0.4 is 10.2 Å². The number of morpholine rings is 1. The number of amidine groups is 1. The highest BCUT2D eigenvalue weighted by Crippen LogP contribution is 2.35. The highest BCUT2D eigenvalue weighted by Gasteiger charge is 2.40. The van der Waals surface area contributed by atoms with E-state index >= 15 is 0 Å². The van der Waals surface area contributed by atoms with E-state index in [1.165, 1.54) is 5.39 Å². The Bertz CT molecular complexity index is 1080. The summed E-state index contributed by atoms with van der Waals surface area (Å²) in [5.41, 5.74) is 2.74. The molecule has 3 aromatic rings. The number of pyridine rings is 1. The van der Waals surface area contributed by atoms with Crippen molar-refractivity contribution in [1.29, 1.82) is 0 Å². The van der Waals surface area contributed by atoms with Gasteiger partial charge in [0, 0.05) is 36.2 Å². The van der Waals surface area contributed by atoms with E-state index in [1.54, 1.807) is 12.4 Å². The summed E-state index contributed by atoms with van der Waals surface area (Å²) in [6.07, 6.45) is 6.76. The summed E-state index contributed by atoms with van der Waals surface area (Å²) in [7, 11) is 0. The number of fused-ring (bicyclic) bond motifs is 4. The third-order valence-electron chi connectivity index (χ3n) is 5.56. The Morgan fingerprint density at radius 2 is 2.04 bits per heavy atom. The zero-order valence-corrected chi connectivity index (χ0v) is 14.7. The maximum atomic E-state index is 5.73. The minimum atomic E-state index is 0.356. The van der Waals surface area contributed by atoms with Crippen LogP contribution in [0.2, 0.25) is 0 Å². The highest BCUT2D eigenvalue weighted by molar-refractivity contribution is 6.10. The lowest BCUT2D eigenvalue weighted by atomic mass is 10.1. The minimum absolute atomic E-state index is 0.356. The molecule has 2 saturated heterocycles. The molecular weight excluding hydrogens is 340 g/mol. The zero-order chi connectivity index (χ0) is 17.8. The monoisotopic (exact) mass is 358 g/mol. The van der Waals surface area contributed by atoms with Crippen molar-refractivity contribution in [2.45, 2.75) is 25.1 Å². The van der Waals surface area contributed by atoms with Gasteiger partial charge in [-0.15, -0.1) is 0 Å². The molecule has 2 atom stereocenters. The van der Waals surface area contributed by atoms with Gasteiger partial charge in [0.25, 0.3) is 0 Å². The van der Waals surface area contributed by atoms with Crippen LogP contribution in [0.4, 0.5) is 11.5 Å². The third-order valence-corrected chi connectivity index (χ3v) is 5.56. The van der Waals surface area contributed by atoms with Crippen LogP contribution in [0.1, 0.15) is 17.8 Å². The van der Waals surface area contributed by atoms with Crippen LogP contribution in [0.25, 0.3) is 10.8 Å². The zero-order valence-electron chi connectivity index (χ0n) is 14.7. The number of nitrogens with one attached hydrogen (secondary N) is 1. The summed E-state index contributed by atoms with van der Waals surface area (Å²) in [6.45, 7) is 2.32. The number of aliphatic imine (C=N–C) groups is 1. The Labute approximate surface area is 156 Å². The van der Waals surface area contributed by atoms with Gasteiger partial charge in [0.15, 0.2) is 5.84 Å². The predicted molar refractivity (Wildman–Crippen MR) is 103 cm³/mol. The molecule has 1 N–H and O–H groups in total. The number of rotatable bonds is 2. The molecule has 3 aliphatic rings. The fourth-order valence-electron chi connectivity index (χ4n) is 4.27. The van der Waals surface area contributed by atoms with Crippen molar-refractivity contribution in [2.75, 3.05) is 23.4 Å². The number of hydrogen-bond acceptors (Lipinski definition) is 7. The molecule has 0 spiro atoms. The van der Waals surface area contributed by atoms with Gasteiger partial charge >= 0.3 is 0 Å². The molecule has 2 bridgehead atoms. The van der Waals surface area contributed by atoms with Gasteiger partial charge in [-0.2, -0.15) is 0 Å². The first kappa shape index (κ1) is 15.0. The summed E-state index contributed by atoms with van der Waals surface area (Å²) in [5, 5.41) is 5.73. The molecule has 0 radical (unpaired) electrons. The normalized spacial score (nSPS) is 23.0. The minimum Gasteiger partial charge on any atom is -0.374 e. The van der Waals surface area contributed by atoms with Gasteiger partial charge in [-0.05, 0) is 36.1 Å². The molecule has 134 valence electrons. The number of hydrogen-bond donors (Lipinski definition) is 1. The second-order valence-electron chi connectivity index (χ2n) is 7.21. The molecule has 2 fully saturated rings. The number of benzene rings is 1. The predicted octanol–water partition coefficient (Wildman–Crippen LogP) is 2.37. The van der Waals surface area contributed by atoms with Gasteiger partial charge in [0.2, 0.25) is 0 Å². The van der Waals surface area contributed by atoms with Gasteiger partial charge in [-0.3, -0.25) is 9.98 Å².